The summed E-state index contributed by atoms with van der Waals surface area (Å²) >= 11 is 3.06. The van der Waals surface area contributed by atoms with Crippen molar-refractivity contribution in [1.82, 2.24) is 4.98 Å². The molecule has 1 aromatic heterocycles. The first-order chi connectivity index (χ1) is 8.04. The highest BCUT2D eigenvalue weighted by Gasteiger charge is 2.15. The maximum absolute atomic E-state index is 13.6. The summed E-state index contributed by atoms with van der Waals surface area (Å²) in [5.74, 6) is -1.55. The van der Waals surface area contributed by atoms with E-state index in [1.54, 1.807) is 0 Å². The number of esters is 1. The number of fused-ring (bicyclic) bond motifs is 1. The van der Waals surface area contributed by atoms with E-state index in [4.69, 9.17) is 0 Å². The molecule has 1 heterocycles. The lowest BCUT2D eigenvalue weighted by Crippen LogP contribution is -2.09. The lowest BCUT2D eigenvalue weighted by molar-refractivity contribution is 0.0596. The van der Waals surface area contributed by atoms with Gasteiger partial charge in [0.05, 0.1) is 22.7 Å². The number of H-pyrrole nitrogens is 1. The molecular formula is C11H7BrFNO3. The van der Waals surface area contributed by atoms with E-state index in [1.165, 1.54) is 12.3 Å². The van der Waals surface area contributed by atoms with Crippen LogP contribution in [0.3, 0.4) is 0 Å². The molecule has 0 atom stereocenters. The van der Waals surface area contributed by atoms with Gasteiger partial charge in [-0.2, -0.15) is 0 Å². The van der Waals surface area contributed by atoms with E-state index >= 15 is 0 Å². The third kappa shape index (κ3) is 1.95. The third-order valence-electron chi connectivity index (χ3n) is 2.33. The number of pyridine rings is 1. The van der Waals surface area contributed by atoms with Crippen LogP contribution in [0, 0.1) is 5.82 Å². The normalized spacial score (nSPS) is 10.5. The number of rotatable bonds is 1. The van der Waals surface area contributed by atoms with Gasteiger partial charge >= 0.3 is 5.97 Å². The fraction of sp³-hybridized carbons (Fsp3) is 0.0909. The van der Waals surface area contributed by atoms with Crippen LogP contribution in [0.25, 0.3) is 10.9 Å². The van der Waals surface area contributed by atoms with Crippen LogP contribution in [0.1, 0.15) is 10.4 Å². The van der Waals surface area contributed by atoms with Gasteiger partial charge in [-0.15, -0.1) is 0 Å². The Labute approximate surface area is 104 Å². The Bertz CT molecular complexity index is 666. The van der Waals surface area contributed by atoms with Crippen LogP contribution in [0.15, 0.2) is 27.6 Å². The van der Waals surface area contributed by atoms with Crippen molar-refractivity contribution in [3.63, 3.8) is 0 Å². The van der Waals surface area contributed by atoms with E-state index in [1.807, 2.05) is 0 Å². The molecule has 0 fully saturated rings. The lowest BCUT2D eigenvalue weighted by atomic mass is 10.1. The molecule has 17 heavy (non-hydrogen) atoms. The maximum Gasteiger partial charge on any atom is 0.340 e. The van der Waals surface area contributed by atoms with E-state index in [0.29, 0.717) is 9.99 Å². The molecule has 0 radical (unpaired) electrons. The number of methoxy groups -OCH3 is 1. The zero-order chi connectivity index (χ0) is 12.6. The predicted octanol–water partition coefficient (Wildman–Crippen LogP) is 2.22. The Hall–Kier alpha value is -1.69. The second-order valence-corrected chi connectivity index (χ2v) is 4.19. The standard InChI is InChI=1S/C11H7BrFNO3/c1-17-11(16)5-2-6-9(3-8(5)13)14-4-7(12)10(6)15/h2-4H,1H3,(H,14,15). The molecular weight excluding hydrogens is 293 g/mol. The molecule has 0 unspecified atom stereocenters. The number of hydrogen-bond acceptors (Lipinski definition) is 3. The number of aromatic amines is 1. The van der Waals surface area contributed by atoms with Gasteiger partial charge in [-0.25, -0.2) is 9.18 Å². The molecule has 0 amide bonds. The predicted molar refractivity (Wildman–Crippen MR) is 63.6 cm³/mol. The van der Waals surface area contributed by atoms with Crippen molar-refractivity contribution in [2.75, 3.05) is 7.11 Å². The number of ether oxygens (including phenoxy) is 1. The smallest absolute Gasteiger partial charge is 0.340 e. The number of carbonyl (C=O) groups is 1. The first-order valence-corrected chi connectivity index (χ1v) is 5.42. The van der Waals surface area contributed by atoms with Crippen LogP contribution in [0.2, 0.25) is 0 Å². The van der Waals surface area contributed by atoms with Crippen molar-refractivity contribution >= 4 is 32.8 Å². The molecule has 0 bridgehead atoms. The fourth-order valence-corrected chi connectivity index (χ4v) is 1.81. The first-order valence-electron chi connectivity index (χ1n) is 4.63. The van der Waals surface area contributed by atoms with E-state index in [-0.39, 0.29) is 16.4 Å². The summed E-state index contributed by atoms with van der Waals surface area (Å²) in [7, 11) is 1.15. The summed E-state index contributed by atoms with van der Waals surface area (Å²) in [6, 6.07) is 2.27. The van der Waals surface area contributed by atoms with Crippen molar-refractivity contribution in [2.24, 2.45) is 0 Å². The van der Waals surface area contributed by atoms with Crippen molar-refractivity contribution in [1.29, 1.82) is 0 Å². The van der Waals surface area contributed by atoms with Gasteiger partial charge in [0, 0.05) is 11.6 Å². The van der Waals surface area contributed by atoms with Crippen molar-refractivity contribution < 1.29 is 13.9 Å². The number of halogens is 2. The number of hydrogen-bond donors (Lipinski definition) is 1. The average Bonchev–Trinajstić information content (AvgIpc) is 2.32. The van der Waals surface area contributed by atoms with Gasteiger partial charge in [-0.3, -0.25) is 4.79 Å². The number of carbonyl (C=O) groups excluding carboxylic acids is 1. The third-order valence-corrected chi connectivity index (χ3v) is 2.92. The summed E-state index contributed by atoms with van der Waals surface area (Å²) in [6.07, 6.45) is 1.42. The average molecular weight is 300 g/mol. The molecule has 2 rings (SSSR count). The van der Waals surface area contributed by atoms with Crippen LogP contribution in [-0.2, 0) is 4.74 Å². The zero-order valence-corrected chi connectivity index (χ0v) is 10.3. The summed E-state index contributed by atoms with van der Waals surface area (Å²) < 4.78 is 18.3. The molecule has 2 aromatic rings. The topological polar surface area (TPSA) is 59.2 Å². The lowest BCUT2D eigenvalue weighted by Gasteiger charge is -2.04. The minimum atomic E-state index is -0.816. The highest BCUT2D eigenvalue weighted by Crippen LogP contribution is 2.17. The van der Waals surface area contributed by atoms with Gasteiger partial charge in [-0.05, 0) is 28.1 Å². The molecule has 4 nitrogen and oxygen atoms in total. The Balaban J connectivity index is 2.82. The molecule has 0 saturated carbocycles. The van der Waals surface area contributed by atoms with Crippen LogP contribution in [-0.4, -0.2) is 18.1 Å². The minimum absolute atomic E-state index is 0.223. The summed E-state index contributed by atoms with van der Waals surface area (Å²) in [4.78, 5) is 25.8. The number of benzene rings is 1. The SMILES string of the molecule is COC(=O)c1cc2c(=O)c(Br)c[nH]c2cc1F. The molecule has 0 aliphatic heterocycles. The van der Waals surface area contributed by atoms with Crippen LogP contribution in [0.5, 0.6) is 0 Å². The van der Waals surface area contributed by atoms with Crippen molar-refractivity contribution in [2.45, 2.75) is 0 Å². The molecule has 1 aromatic carbocycles. The Morgan fingerprint density at radius 1 is 1.47 bits per heavy atom. The van der Waals surface area contributed by atoms with E-state index in [9.17, 15) is 14.0 Å². The van der Waals surface area contributed by atoms with E-state index in [2.05, 4.69) is 25.7 Å². The second kappa shape index (κ2) is 4.29. The highest BCUT2D eigenvalue weighted by molar-refractivity contribution is 9.10. The summed E-state index contributed by atoms with van der Waals surface area (Å²) in [6.45, 7) is 0. The molecule has 1 N–H and O–H groups in total. The van der Waals surface area contributed by atoms with Crippen molar-refractivity contribution in [3.05, 3.63) is 44.4 Å². The minimum Gasteiger partial charge on any atom is -0.465 e. The highest BCUT2D eigenvalue weighted by atomic mass is 79.9. The van der Waals surface area contributed by atoms with Gasteiger partial charge in [0.2, 0.25) is 5.43 Å². The van der Waals surface area contributed by atoms with Crippen LogP contribution < -0.4 is 5.43 Å². The van der Waals surface area contributed by atoms with E-state index in [0.717, 1.165) is 13.2 Å². The van der Waals surface area contributed by atoms with Crippen molar-refractivity contribution in [3.8, 4) is 0 Å². The monoisotopic (exact) mass is 299 g/mol. The Kier molecular flexibility index (Phi) is 2.97. The Morgan fingerprint density at radius 2 is 2.18 bits per heavy atom. The molecule has 0 aliphatic rings. The van der Waals surface area contributed by atoms with Gasteiger partial charge in [-0.1, -0.05) is 0 Å². The van der Waals surface area contributed by atoms with Crippen LogP contribution >= 0.6 is 15.9 Å². The number of nitrogens with one attached hydrogen (secondary N) is 1. The molecule has 88 valence electrons. The maximum atomic E-state index is 13.6. The quantitative estimate of drug-likeness (QED) is 0.822. The van der Waals surface area contributed by atoms with Gasteiger partial charge in [0.15, 0.2) is 0 Å². The first kappa shape index (κ1) is 11.8. The zero-order valence-electron chi connectivity index (χ0n) is 8.71. The molecule has 0 saturated heterocycles. The van der Waals surface area contributed by atoms with Gasteiger partial charge < -0.3 is 9.72 Å². The summed E-state index contributed by atoms with van der Waals surface area (Å²) in [5.41, 5.74) is -0.254. The van der Waals surface area contributed by atoms with Gasteiger partial charge in [0.25, 0.3) is 0 Å². The Morgan fingerprint density at radius 3 is 2.82 bits per heavy atom. The fourth-order valence-electron chi connectivity index (χ4n) is 1.48. The largest absolute Gasteiger partial charge is 0.465 e. The number of aromatic nitrogens is 1. The molecule has 6 heteroatoms. The van der Waals surface area contributed by atoms with Crippen LogP contribution in [0.4, 0.5) is 4.39 Å². The molecule has 0 spiro atoms. The summed E-state index contributed by atoms with van der Waals surface area (Å²) in [5, 5.41) is 0.223. The van der Waals surface area contributed by atoms with Gasteiger partial charge in [0.1, 0.15) is 5.82 Å². The molecule has 0 aliphatic carbocycles. The van der Waals surface area contributed by atoms with E-state index < -0.39 is 11.8 Å². The second-order valence-electron chi connectivity index (χ2n) is 3.33.